The summed E-state index contributed by atoms with van der Waals surface area (Å²) < 4.78 is 8.40. The molecule has 0 radical (unpaired) electrons. The maximum Gasteiger partial charge on any atom is 0.264 e. The molecule has 1 fully saturated rings. The largest absolute Gasteiger partial charge is 0.494 e. The number of benzene rings is 1. The van der Waals surface area contributed by atoms with E-state index in [1.54, 1.807) is 11.7 Å². The number of aromatic nitrogens is 4. The van der Waals surface area contributed by atoms with Gasteiger partial charge in [0.1, 0.15) is 24.0 Å². The lowest BCUT2D eigenvalue weighted by Crippen LogP contribution is -2.36. The van der Waals surface area contributed by atoms with Crippen LogP contribution in [0.4, 0.5) is 0 Å². The standard InChI is InChI=1S/C20H23N5O3/c1-3-28-15-8-6-14(7-9-15)17-5-4-10-25(17)18(26)12-24-13-21-19-16(20(24)27)11-22-23(19)2/h6-9,11,13,17H,3-5,10,12H2,1-2H3. The van der Waals surface area contributed by atoms with Crippen molar-refractivity contribution >= 4 is 16.9 Å². The summed E-state index contributed by atoms with van der Waals surface area (Å²) in [7, 11) is 1.73. The quantitative estimate of drug-likeness (QED) is 0.674. The lowest BCUT2D eigenvalue weighted by molar-refractivity contribution is -0.132. The van der Waals surface area contributed by atoms with Crippen molar-refractivity contribution in [2.45, 2.75) is 32.4 Å². The predicted molar refractivity (Wildman–Crippen MR) is 104 cm³/mol. The summed E-state index contributed by atoms with van der Waals surface area (Å²) >= 11 is 0. The van der Waals surface area contributed by atoms with E-state index in [0.29, 0.717) is 24.2 Å². The van der Waals surface area contributed by atoms with Crippen LogP contribution in [0.15, 0.2) is 41.6 Å². The van der Waals surface area contributed by atoms with E-state index in [4.69, 9.17) is 4.74 Å². The molecule has 1 unspecified atom stereocenters. The van der Waals surface area contributed by atoms with Gasteiger partial charge in [-0.25, -0.2) is 4.98 Å². The molecule has 0 N–H and O–H groups in total. The maximum atomic E-state index is 13.0. The average Bonchev–Trinajstić information content (AvgIpc) is 3.32. The summed E-state index contributed by atoms with van der Waals surface area (Å²) in [4.78, 5) is 31.7. The van der Waals surface area contributed by atoms with Crippen molar-refractivity contribution in [3.8, 4) is 5.75 Å². The molecule has 8 heteroatoms. The first kappa shape index (κ1) is 18.2. The molecule has 0 aliphatic carbocycles. The molecule has 1 aromatic carbocycles. The molecule has 8 nitrogen and oxygen atoms in total. The van der Waals surface area contributed by atoms with Crippen LogP contribution < -0.4 is 10.3 Å². The molecule has 3 aromatic rings. The molecule has 1 amide bonds. The second-order valence-electron chi connectivity index (χ2n) is 6.93. The minimum atomic E-state index is -0.247. The van der Waals surface area contributed by atoms with Gasteiger partial charge in [0.25, 0.3) is 5.56 Å². The van der Waals surface area contributed by atoms with Gasteiger partial charge in [-0.15, -0.1) is 0 Å². The minimum absolute atomic E-state index is 0.0222. The SMILES string of the molecule is CCOc1ccc(C2CCCN2C(=O)Cn2cnc3c(cnn3C)c2=O)cc1. The molecule has 3 heterocycles. The lowest BCUT2D eigenvalue weighted by Gasteiger charge is -2.25. The van der Waals surface area contributed by atoms with E-state index in [-0.39, 0.29) is 24.1 Å². The van der Waals surface area contributed by atoms with Crippen LogP contribution in [0.3, 0.4) is 0 Å². The van der Waals surface area contributed by atoms with Crippen molar-refractivity contribution in [2.24, 2.45) is 7.05 Å². The number of fused-ring (bicyclic) bond motifs is 1. The van der Waals surface area contributed by atoms with Crippen LogP contribution >= 0.6 is 0 Å². The highest BCUT2D eigenvalue weighted by Gasteiger charge is 2.30. The predicted octanol–water partition coefficient (Wildman–Crippen LogP) is 1.89. The van der Waals surface area contributed by atoms with Crippen LogP contribution in [0.2, 0.25) is 0 Å². The molecule has 2 aromatic heterocycles. The van der Waals surface area contributed by atoms with E-state index in [1.165, 1.54) is 17.1 Å². The van der Waals surface area contributed by atoms with Crippen molar-refractivity contribution in [3.63, 3.8) is 0 Å². The monoisotopic (exact) mass is 381 g/mol. The Morgan fingerprint density at radius 2 is 2.07 bits per heavy atom. The molecule has 4 rings (SSSR count). The van der Waals surface area contributed by atoms with Gasteiger partial charge in [-0.05, 0) is 37.5 Å². The second-order valence-corrected chi connectivity index (χ2v) is 6.93. The third kappa shape index (κ3) is 3.26. The Kier molecular flexibility index (Phi) is 4.85. The van der Waals surface area contributed by atoms with Crippen LogP contribution in [0, 0.1) is 0 Å². The van der Waals surface area contributed by atoms with Gasteiger partial charge in [-0.1, -0.05) is 12.1 Å². The van der Waals surface area contributed by atoms with Crippen molar-refractivity contribution in [2.75, 3.05) is 13.2 Å². The fraction of sp³-hybridized carbons (Fsp3) is 0.400. The molecule has 0 saturated carbocycles. The zero-order chi connectivity index (χ0) is 19.7. The zero-order valence-corrected chi connectivity index (χ0v) is 16.0. The van der Waals surface area contributed by atoms with Gasteiger partial charge < -0.3 is 9.64 Å². The van der Waals surface area contributed by atoms with Gasteiger partial charge in [0.15, 0.2) is 5.65 Å². The number of amides is 1. The molecule has 0 bridgehead atoms. The van der Waals surface area contributed by atoms with E-state index >= 15 is 0 Å². The Balaban J connectivity index is 1.54. The lowest BCUT2D eigenvalue weighted by atomic mass is 10.0. The van der Waals surface area contributed by atoms with Gasteiger partial charge in [0.2, 0.25) is 5.91 Å². The van der Waals surface area contributed by atoms with E-state index in [0.717, 1.165) is 24.2 Å². The van der Waals surface area contributed by atoms with Crippen LogP contribution in [-0.2, 0) is 18.4 Å². The number of aryl methyl sites for hydroxylation is 1. The van der Waals surface area contributed by atoms with Gasteiger partial charge >= 0.3 is 0 Å². The number of rotatable bonds is 5. The first-order valence-electron chi connectivity index (χ1n) is 9.48. The molecular weight excluding hydrogens is 358 g/mol. The van der Waals surface area contributed by atoms with E-state index in [2.05, 4.69) is 10.1 Å². The molecular formula is C20H23N5O3. The second kappa shape index (κ2) is 7.46. The van der Waals surface area contributed by atoms with E-state index in [9.17, 15) is 9.59 Å². The number of carbonyl (C=O) groups excluding carboxylic acids is 1. The zero-order valence-electron chi connectivity index (χ0n) is 16.0. The number of hydrogen-bond donors (Lipinski definition) is 0. The molecule has 1 atom stereocenters. The minimum Gasteiger partial charge on any atom is -0.494 e. The molecule has 1 saturated heterocycles. The van der Waals surface area contributed by atoms with Gasteiger partial charge in [-0.3, -0.25) is 18.8 Å². The number of nitrogens with zero attached hydrogens (tertiary/aromatic N) is 5. The topological polar surface area (TPSA) is 82.2 Å². The summed E-state index contributed by atoms with van der Waals surface area (Å²) in [6, 6.07) is 7.91. The van der Waals surface area contributed by atoms with Gasteiger partial charge in [0.05, 0.1) is 18.8 Å². The van der Waals surface area contributed by atoms with Gasteiger partial charge in [-0.2, -0.15) is 5.10 Å². The van der Waals surface area contributed by atoms with Crippen molar-refractivity contribution in [1.29, 1.82) is 0 Å². The van der Waals surface area contributed by atoms with Gasteiger partial charge in [0, 0.05) is 13.6 Å². The molecule has 1 aliphatic rings. The number of carbonyl (C=O) groups is 1. The molecule has 146 valence electrons. The molecule has 1 aliphatic heterocycles. The summed E-state index contributed by atoms with van der Waals surface area (Å²) in [5.74, 6) is 0.744. The Morgan fingerprint density at radius 1 is 1.29 bits per heavy atom. The Bertz CT molecular complexity index is 1050. The van der Waals surface area contributed by atoms with Crippen molar-refractivity contribution in [3.05, 3.63) is 52.7 Å². The smallest absolute Gasteiger partial charge is 0.264 e. The summed E-state index contributed by atoms with van der Waals surface area (Å²) in [5, 5.41) is 4.48. The highest BCUT2D eigenvalue weighted by Crippen LogP contribution is 2.33. The Labute approximate surface area is 162 Å². The van der Waals surface area contributed by atoms with Crippen molar-refractivity contribution < 1.29 is 9.53 Å². The summed E-state index contributed by atoms with van der Waals surface area (Å²) in [6.07, 6.45) is 4.77. The van der Waals surface area contributed by atoms with Crippen LogP contribution in [-0.4, -0.2) is 43.3 Å². The Morgan fingerprint density at radius 3 is 2.82 bits per heavy atom. The summed E-state index contributed by atoms with van der Waals surface area (Å²) in [6.45, 7) is 3.24. The number of hydrogen-bond acceptors (Lipinski definition) is 5. The average molecular weight is 381 g/mol. The molecule has 0 spiro atoms. The van der Waals surface area contributed by atoms with E-state index < -0.39 is 0 Å². The number of ether oxygens (including phenoxy) is 1. The fourth-order valence-corrected chi connectivity index (χ4v) is 3.78. The van der Waals surface area contributed by atoms with Crippen LogP contribution in [0.1, 0.15) is 31.4 Å². The maximum absolute atomic E-state index is 13.0. The highest BCUT2D eigenvalue weighted by atomic mass is 16.5. The third-order valence-electron chi connectivity index (χ3n) is 5.17. The summed E-state index contributed by atoms with van der Waals surface area (Å²) in [5.41, 5.74) is 1.35. The fourth-order valence-electron chi connectivity index (χ4n) is 3.78. The van der Waals surface area contributed by atoms with Crippen LogP contribution in [0.5, 0.6) is 5.75 Å². The number of likely N-dealkylation sites (tertiary alicyclic amines) is 1. The molecule has 28 heavy (non-hydrogen) atoms. The van der Waals surface area contributed by atoms with Crippen molar-refractivity contribution in [1.82, 2.24) is 24.2 Å². The highest BCUT2D eigenvalue weighted by molar-refractivity contribution is 5.78. The van der Waals surface area contributed by atoms with Crippen LogP contribution in [0.25, 0.3) is 11.0 Å². The third-order valence-corrected chi connectivity index (χ3v) is 5.17. The first-order chi connectivity index (χ1) is 13.6. The Hall–Kier alpha value is -3.16. The normalized spacial score (nSPS) is 16.6. The van der Waals surface area contributed by atoms with E-state index in [1.807, 2.05) is 36.1 Å². The first-order valence-corrected chi connectivity index (χ1v) is 9.48.